The molecule has 0 unspecified atom stereocenters. The Kier molecular flexibility index (Phi) is 5.31. The summed E-state index contributed by atoms with van der Waals surface area (Å²) >= 11 is 0. The van der Waals surface area contributed by atoms with Crippen molar-refractivity contribution in [2.75, 3.05) is 5.32 Å². The van der Waals surface area contributed by atoms with Gasteiger partial charge in [0.15, 0.2) is 0 Å². The lowest BCUT2D eigenvalue weighted by Crippen LogP contribution is -2.11. The molecule has 0 aliphatic rings. The van der Waals surface area contributed by atoms with Crippen LogP contribution in [-0.2, 0) is 16.1 Å². The summed E-state index contributed by atoms with van der Waals surface area (Å²) in [7, 11) is 0. The Labute approximate surface area is 151 Å². The van der Waals surface area contributed by atoms with Crippen molar-refractivity contribution >= 4 is 28.6 Å². The summed E-state index contributed by atoms with van der Waals surface area (Å²) in [6.45, 7) is 2.71. The minimum Gasteiger partial charge on any atom is -0.481 e. The second-order valence-electron chi connectivity index (χ2n) is 6.23. The molecule has 1 heterocycles. The SMILES string of the molecule is Cc1nc2cc(NC(=O)CCCC(=O)O)ccc2n1Cc1ccccc1. The predicted octanol–water partition coefficient (Wildman–Crippen LogP) is 3.59. The van der Waals surface area contributed by atoms with E-state index in [0.29, 0.717) is 12.1 Å². The van der Waals surface area contributed by atoms with Crippen molar-refractivity contribution < 1.29 is 14.7 Å². The van der Waals surface area contributed by atoms with E-state index < -0.39 is 5.97 Å². The maximum Gasteiger partial charge on any atom is 0.303 e. The average Bonchev–Trinajstić information content (AvgIpc) is 2.90. The van der Waals surface area contributed by atoms with Crippen molar-refractivity contribution in [2.45, 2.75) is 32.7 Å². The number of benzene rings is 2. The molecule has 1 aromatic heterocycles. The number of rotatable bonds is 7. The molecule has 0 aliphatic heterocycles. The van der Waals surface area contributed by atoms with Crippen molar-refractivity contribution in [2.24, 2.45) is 0 Å². The van der Waals surface area contributed by atoms with Crippen LogP contribution in [0.25, 0.3) is 11.0 Å². The number of carboxylic acids is 1. The van der Waals surface area contributed by atoms with E-state index in [0.717, 1.165) is 23.4 Å². The second-order valence-corrected chi connectivity index (χ2v) is 6.23. The molecule has 3 aromatic rings. The number of fused-ring (bicyclic) bond motifs is 1. The maximum atomic E-state index is 11.9. The Morgan fingerprint density at radius 3 is 2.62 bits per heavy atom. The Hall–Kier alpha value is -3.15. The van der Waals surface area contributed by atoms with Gasteiger partial charge in [-0.05, 0) is 37.1 Å². The largest absolute Gasteiger partial charge is 0.481 e. The van der Waals surface area contributed by atoms with Gasteiger partial charge in [-0.15, -0.1) is 0 Å². The summed E-state index contributed by atoms with van der Waals surface area (Å²) in [5.41, 5.74) is 3.70. The van der Waals surface area contributed by atoms with Crippen LogP contribution in [0.15, 0.2) is 48.5 Å². The first-order valence-corrected chi connectivity index (χ1v) is 8.55. The number of aryl methyl sites for hydroxylation is 1. The van der Waals surface area contributed by atoms with Crippen molar-refractivity contribution in [3.63, 3.8) is 0 Å². The molecule has 2 aromatic carbocycles. The molecule has 26 heavy (non-hydrogen) atoms. The number of carbonyl (C=O) groups is 2. The van der Waals surface area contributed by atoms with E-state index in [1.807, 2.05) is 43.3 Å². The van der Waals surface area contributed by atoms with Gasteiger partial charge in [0.2, 0.25) is 5.91 Å². The van der Waals surface area contributed by atoms with Crippen molar-refractivity contribution in [3.8, 4) is 0 Å². The molecule has 0 fully saturated rings. The fraction of sp³-hybridized carbons (Fsp3) is 0.250. The lowest BCUT2D eigenvalue weighted by molar-refractivity contribution is -0.137. The molecule has 6 heteroatoms. The lowest BCUT2D eigenvalue weighted by atomic mass is 10.2. The topological polar surface area (TPSA) is 84.2 Å². The molecular formula is C20H21N3O3. The van der Waals surface area contributed by atoms with Crippen LogP contribution in [-0.4, -0.2) is 26.5 Å². The van der Waals surface area contributed by atoms with Gasteiger partial charge in [0.1, 0.15) is 5.82 Å². The third-order valence-corrected chi connectivity index (χ3v) is 4.20. The van der Waals surface area contributed by atoms with Gasteiger partial charge in [-0.2, -0.15) is 0 Å². The zero-order valence-electron chi connectivity index (χ0n) is 14.6. The van der Waals surface area contributed by atoms with E-state index >= 15 is 0 Å². The van der Waals surface area contributed by atoms with E-state index in [-0.39, 0.29) is 18.7 Å². The molecule has 1 amide bonds. The third kappa shape index (κ3) is 4.27. The highest BCUT2D eigenvalue weighted by atomic mass is 16.4. The molecule has 3 rings (SSSR count). The molecule has 0 radical (unpaired) electrons. The Balaban J connectivity index is 1.73. The van der Waals surface area contributed by atoms with Crippen molar-refractivity contribution in [3.05, 3.63) is 59.9 Å². The van der Waals surface area contributed by atoms with E-state index in [9.17, 15) is 9.59 Å². The van der Waals surface area contributed by atoms with E-state index in [1.165, 1.54) is 5.56 Å². The normalized spacial score (nSPS) is 10.8. The predicted molar refractivity (Wildman–Crippen MR) is 100 cm³/mol. The summed E-state index contributed by atoms with van der Waals surface area (Å²) in [5, 5.41) is 11.4. The minimum absolute atomic E-state index is 0.00442. The molecule has 0 saturated heterocycles. The number of imidazole rings is 1. The van der Waals surface area contributed by atoms with Crippen LogP contribution in [0.2, 0.25) is 0 Å². The molecular weight excluding hydrogens is 330 g/mol. The summed E-state index contributed by atoms with van der Waals surface area (Å²) in [4.78, 5) is 27.0. The fourth-order valence-corrected chi connectivity index (χ4v) is 2.92. The number of amides is 1. The van der Waals surface area contributed by atoms with Gasteiger partial charge in [-0.1, -0.05) is 30.3 Å². The first kappa shape index (κ1) is 17.7. The van der Waals surface area contributed by atoms with Crippen LogP contribution in [0.4, 0.5) is 5.69 Å². The Morgan fingerprint density at radius 2 is 1.88 bits per heavy atom. The summed E-state index contributed by atoms with van der Waals surface area (Å²) < 4.78 is 2.14. The third-order valence-electron chi connectivity index (χ3n) is 4.20. The van der Waals surface area contributed by atoms with Crippen molar-refractivity contribution in [1.29, 1.82) is 0 Å². The number of nitrogens with one attached hydrogen (secondary N) is 1. The van der Waals surface area contributed by atoms with Gasteiger partial charge < -0.3 is 15.0 Å². The van der Waals surface area contributed by atoms with Gasteiger partial charge >= 0.3 is 5.97 Å². The monoisotopic (exact) mass is 351 g/mol. The fourth-order valence-electron chi connectivity index (χ4n) is 2.92. The number of aromatic nitrogens is 2. The number of aliphatic carboxylic acids is 1. The number of hydrogen-bond donors (Lipinski definition) is 2. The van der Waals surface area contributed by atoms with Gasteiger partial charge in [0.25, 0.3) is 0 Å². The van der Waals surface area contributed by atoms with Crippen LogP contribution in [0.5, 0.6) is 0 Å². The zero-order chi connectivity index (χ0) is 18.5. The van der Waals surface area contributed by atoms with Crippen molar-refractivity contribution in [1.82, 2.24) is 9.55 Å². The molecule has 6 nitrogen and oxygen atoms in total. The van der Waals surface area contributed by atoms with Crippen LogP contribution >= 0.6 is 0 Å². The first-order chi connectivity index (χ1) is 12.5. The highest BCUT2D eigenvalue weighted by Crippen LogP contribution is 2.22. The summed E-state index contributed by atoms with van der Waals surface area (Å²) in [5.74, 6) is -0.168. The quantitative estimate of drug-likeness (QED) is 0.681. The van der Waals surface area contributed by atoms with Crippen LogP contribution in [0.3, 0.4) is 0 Å². The number of carboxylic acid groups (broad SMARTS) is 1. The summed E-state index contributed by atoms with van der Waals surface area (Å²) in [6.07, 6.45) is 0.510. The molecule has 2 N–H and O–H groups in total. The van der Waals surface area contributed by atoms with E-state index in [2.05, 4.69) is 27.0 Å². The average molecular weight is 351 g/mol. The molecule has 0 aliphatic carbocycles. The number of carbonyl (C=O) groups excluding carboxylic acids is 1. The molecule has 0 atom stereocenters. The van der Waals surface area contributed by atoms with Crippen LogP contribution in [0.1, 0.15) is 30.7 Å². The second kappa shape index (κ2) is 7.82. The minimum atomic E-state index is -0.890. The van der Waals surface area contributed by atoms with E-state index in [1.54, 1.807) is 0 Å². The molecule has 0 bridgehead atoms. The highest BCUT2D eigenvalue weighted by molar-refractivity contribution is 5.93. The number of nitrogens with zero attached hydrogens (tertiary/aromatic N) is 2. The number of hydrogen-bond acceptors (Lipinski definition) is 3. The zero-order valence-corrected chi connectivity index (χ0v) is 14.6. The summed E-state index contributed by atoms with van der Waals surface area (Å²) in [6, 6.07) is 15.8. The molecule has 0 spiro atoms. The lowest BCUT2D eigenvalue weighted by Gasteiger charge is -2.08. The van der Waals surface area contributed by atoms with Gasteiger partial charge in [-0.3, -0.25) is 9.59 Å². The number of anilines is 1. The van der Waals surface area contributed by atoms with E-state index in [4.69, 9.17) is 5.11 Å². The highest BCUT2D eigenvalue weighted by Gasteiger charge is 2.10. The van der Waals surface area contributed by atoms with Crippen LogP contribution in [0, 0.1) is 6.92 Å². The van der Waals surface area contributed by atoms with Gasteiger partial charge in [0, 0.05) is 25.1 Å². The first-order valence-electron chi connectivity index (χ1n) is 8.55. The smallest absolute Gasteiger partial charge is 0.303 e. The van der Waals surface area contributed by atoms with Gasteiger partial charge in [-0.25, -0.2) is 4.98 Å². The Morgan fingerprint density at radius 1 is 1.12 bits per heavy atom. The van der Waals surface area contributed by atoms with Gasteiger partial charge in [0.05, 0.1) is 11.0 Å². The molecule has 0 saturated carbocycles. The standard InChI is InChI=1S/C20H21N3O3/c1-14-21-17-12-16(22-19(24)8-5-9-20(25)26)10-11-18(17)23(14)13-15-6-3-2-4-7-15/h2-4,6-7,10-12H,5,8-9,13H2,1H3,(H,22,24)(H,25,26). The maximum absolute atomic E-state index is 11.9. The Bertz CT molecular complexity index is 932. The molecule has 134 valence electrons. The van der Waals surface area contributed by atoms with Crippen LogP contribution < -0.4 is 5.32 Å².